The molecule has 0 fully saturated rings. The van der Waals surface area contributed by atoms with E-state index >= 15 is 0 Å². The maximum absolute atomic E-state index is 4.85. The number of pyridine rings is 1. The van der Waals surface area contributed by atoms with Crippen molar-refractivity contribution in [2.45, 2.75) is 0 Å². The third-order valence-electron chi connectivity index (χ3n) is 3.40. The van der Waals surface area contributed by atoms with Gasteiger partial charge in [-0.25, -0.2) is 4.98 Å². The van der Waals surface area contributed by atoms with Crippen LogP contribution in [-0.4, -0.2) is 4.98 Å². The minimum atomic E-state index is 1.06. The number of hydrogen-bond donors (Lipinski definition) is 0. The van der Waals surface area contributed by atoms with E-state index in [0.29, 0.717) is 0 Å². The Hall–Kier alpha value is -2.19. The maximum atomic E-state index is 4.85. The molecule has 90 valence electrons. The molecule has 0 unspecified atom stereocenters. The van der Waals surface area contributed by atoms with Gasteiger partial charge in [-0.15, -0.1) is 0 Å². The van der Waals surface area contributed by atoms with Gasteiger partial charge in [-0.3, -0.25) is 0 Å². The van der Waals surface area contributed by atoms with Gasteiger partial charge in [0.1, 0.15) is 0 Å². The summed E-state index contributed by atoms with van der Waals surface area (Å²) in [6.07, 6.45) is 0. The molecule has 0 spiro atoms. The maximum Gasteiger partial charge on any atom is 0.0796 e. The summed E-state index contributed by atoms with van der Waals surface area (Å²) >= 11 is 1.71. The first kappa shape index (κ1) is 10.7. The predicted octanol–water partition coefficient (Wildman–Crippen LogP) is 5.12. The van der Waals surface area contributed by atoms with Crippen molar-refractivity contribution >= 4 is 33.0 Å². The van der Waals surface area contributed by atoms with Gasteiger partial charge in [-0.2, -0.15) is 11.3 Å². The molecule has 2 aromatic carbocycles. The second-order valence-electron chi connectivity index (χ2n) is 4.54. The molecule has 1 nitrogen and oxygen atoms in total. The van der Waals surface area contributed by atoms with Crippen LogP contribution in [0.5, 0.6) is 0 Å². The quantitative estimate of drug-likeness (QED) is 0.433. The standard InChI is InChI=1S/C17H11NS/c1-2-7-15-13(5-1)14-6-3-4-8-16(14)18-17(15)12-9-10-19-11-12/h1-11H. The Morgan fingerprint density at radius 2 is 1.47 bits per heavy atom. The Morgan fingerprint density at radius 3 is 2.26 bits per heavy atom. The number of fused-ring (bicyclic) bond motifs is 3. The monoisotopic (exact) mass is 261 g/mol. The van der Waals surface area contributed by atoms with E-state index in [2.05, 4.69) is 59.3 Å². The fraction of sp³-hybridized carbons (Fsp3) is 0. The van der Waals surface area contributed by atoms with Crippen molar-refractivity contribution in [1.82, 2.24) is 4.98 Å². The van der Waals surface area contributed by atoms with Crippen LogP contribution in [-0.2, 0) is 0 Å². The second-order valence-corrected chi connectivity index (χ2v) is 5.32. The van der Waals surface area contributed by atoms with Gasteiger partial charge in [-0.05, 0) is 22.9 Å². The van der Waals surface area contributed by atoms with E-state index < -0.39 is 0 Å². The molecule has 0 radical (unpaired) electrons. The van der Waals surface area contributed by atoms with Gasteiger partial charge in [0, 0.05) is 21.7 Å². The van der Waals surface area contributed by atoms with Crippen molar-refractivity contribution in [3.63, 3.8) is 0 Å². The zero-order valence-corrected chi connectivity index (χ0v) is 11.0. The largest absolute Gasteiger partial charge is 0.247 e. The zero-order valence-electron chi connectivity index (χ0n) is 10.2. The molecule has 19 heavy (non-hydrogen) atoms. The number of thiophene rings is 1. The van der Waals surface area contributed by atoms with Crippen molar-refractivity contribution in [3.05, 3.63) is 65.4 Å². The van der Waals surface area contributed by atoms with Gasteiger partial charge < -0.3 is 0 Å². The van der Waals surface area contributed by atoms with Crippen molar-refractivity contribution in [3.8, 4) is 11.3 Å². The highest BCUT2D eigenvalue weighted by atomic mass is 32.1. The Balaban J connectivity index is 2.22. The summed E-state index contributed by atoms with van der Waals surface area (Å²) in [6, 6.07) is 19.0. The van der Waals surface area contributed by atoms with Crippen LogP contribution in [0, 0.1) is 0 Å². The Morgan fingerprint density at radius 1 is 0.737 bits per heavy atom. The van der Waals surface area contributed by atoms with Crippen LogP contribution in [0.4, 0.5) is 0 Å². The Kier molecular flexibility index (Phi) is 2.35. The van der Waals surface area contributed by atoms with Gasteiger partial charge in [0.25, 0.3) is 0 Å². The number of para-hydroxylation sites is 1. The summed E-state index contributed by atoms with van der Waals surface area (Å²) in [6.45, 7) is 0. The molecule has 0 atom stereocenters. The molecule has 0 aliphatic carbocycles. The average Bonchev–Trinajstić information content (AvgIpc) is 3.00. The van der Waals surface area contributed by atoms with Crippen LogP contribution in [0.3, 0.4) is 0 Å². The molecule has 0 amide bonds. The molecule has 0 N–H and O–H groups in total. The molecule has 2 heteroatoms. The summed E-state index contributed by atoms with van der Waals surface area (Å²) in [7, 11) is 0. The molecular formula is C17H11NS. The van der Waals surface area contributed by atoms with Crippen molar-refractivity contribution in [1.29, 1.82) is 0 Å². The molecule has 0 saturated carbocycles. The molecule has 2 aromatic heterocycles. The summed E-state index contributed by atoms with van der Waals surface area (Å²) in [5.74, 6) is 0. The van der Waals surface area contributed by atoms with Gasteiger partial charge >= 0.3 is 0 Å². The second kappa shape index (κ2) is 4.18. The predicted molar refractivity (Wildman–Crippen MR) is 82.6 cm³/mol. The SMILES string of the molecule is c1ccc2c(c1)nc(-c1ccsc1)c1ccccc12. The lowest BCUT2D eigenvalue weighted by atomic mass is 10.0. The van der Waals surface area contributed by atoms with E-state index in [4.69, 9.17) is 4.98 Å². The first-order valence-electron chi connectivity index (χ1n) is 6.23. The average molecular weight is 261 g/mol. The fourth-order valence-electron chi connectivity index (χ4n) is 2.52. The van der Waals surface area contributed by atoms with E-state index in [1.807, 2.05) is 6.07 Å². The van der Waals surface area contributed by atoms with Gasteiger partial charge in [0.15, 0.2) is 0 Å². The molecule has 0 saturated heterocycles. The number of rotatable bonds is 1. The highest BCUT2D eigenvalue weighted by Gasteiger charge is 2.09. The van der Waals surface area contributed by atoms with Crippen molar-refractivity contribution in [2.75, 3.05) is 0 Å². The molecule has 2 heterocycles. The normalized spacial score (nSPS) is 11.2. The van der Waals surface area contributed by atoms with Crippen LogP contribution in [0.25, 0.3) is 32.9 Å². The molecular weight excluding hydrogens is 250 g/mol. The van der Waals surface area contributed by atoms with E-state index in [9.17, 15) is 0 Å². The lowest BCUT2D eigenvalue weighted by molar-refractivity contribution is 1.44. The Bertz CT molecular complexity index is 863. The highest BCUT2D eigenvalue weighted by Crippen LogP contribution is 2.32. The summed E-state index contributed by atoms with van der Waals surface area (Å²) in [4.78, 5) is 4.85. The summed E-state index contributed by atoms with van der Waals surface area (Å²) in [5, 5.41) is 7.97. The van der Waals surface area contributed by atoms with E-state index in [1.165, 1.54) is 21.7 Å². The van der Waals surface area contributed by atoms with Crippen molar-refractivity contribution in [2.24, 2.45) is 0 Å². The molecule has 0 aliphatic rings. The fourth-order valence-corrected chi connectivity index (χ4v) is 3.16. The molecule has 0 aliphatic heterocycles. The minimum Gasteiger partial charge on any atom is -0.247 e. The van der Waals surface area contributed by atoms with E-state index in [0.717, 1.165) is 11.2 Å². The topological polar surface area (TPSA) is 12.9 Å². The van der Waals surface area contributed by atoms with E-state index in [-0.39, 0.29) is 0 Å². The highest BCUT2D eigenvalue weighted by molar-refractivity contribution is 7.08. The third-order valence-corrected chi connectivity index (χ3v) is 4.09. The Labute approximate surface area is 115 Å². The summed E-state index contributed by atoms with van der Waals surface area (Å²) < 4.78 is 0. The first-order chi connectivity index (χ1) is 9.43. The minimum absolute atomic E-state index is 1.06. The molecule has 4 rings (SSSR count). The first-order valence-corrected chi connectivity index (χ1v) is 7.18. The third kappa shape index (κ3) is 1.65. The number of benzene rings is 2. The van der Waals surface area contributed by atoms with E-state index in [1.54, 1.807) is 11.3 Å². The van der Waals surface area contributed by atoms with Crippen LogP contribution in [0.2, 0.25) is 0 Å². The van der Waals surface area contributed by atoms with Gasteiger partial charge in [0.05, 0.1) is 11.2 Å². The smallest absolute Gasteiger partial charge is 0.0796 e. The van der Waals surface area contributed by atoms with Crippen LogP contribution >= 0.6 is 11.3 Å². The van der Waals surface area contributed by atoms with Crippen LogP contribution < -0.4 is 0 Å². The lowest BCUT2D eigenvalue weighted by Gasteiger charge is -2.08. The van der Waals surface area contributed by atoms with Gasteiger partial charge in [-0.1, -0.05) is 42.5 Å². The van der Waals surface area contributed by atoms with Crippen LogP contribution in [0.1, 0.15) is 0 Å². The summed E-state index contributed by atoms with van der Waals surface area (Å²) in [5.41, 5.74) is 3.34. The van der Waals surface area contributed by atoms with Gasteiger partial charge in [0.2, 0.25) is 0 Å². The number of aromatic nitrogens is 1. The lowest BCUT2D eigenvalue weighted by Crippen LogP contribution is -1.87. The zero-order chi connectivity index (χ0) is 12.7. The van der Waals surface area contributed by atoms with Crippen molar-refractivity contribution < 1.29 is 0 Å². The van der Waals surface area contributed by atoms with Crippen LogP contribution in [0.15, 0.2) is 65.4 Å². The molecule has 4 aromatic rings. The number of hydrogen-bond acceptors (Lipinski definition) is 2. The number of nitrogens with zero attached hydrogens (tertiary/aromatic N) is 1. The molecule has 0 bridgehead atoms.